The summed E-state index contributed by atoms with van der Waals surface area (Å²) >= 11 is 0. The molecule has 0 radical (unpaired) electrons. The molecule has 2 aromatic rings. The highest BCUT2D eigenvalue weighted by Crippen LogP contribution is 2.26. The van der Waals surface area contributed by atoms with Crippen molar-refractivity contribution in [1.82, 2.24) is 9.55 Å². The van der Waals surface area contributed by atoms with E-state index >= 15 is 0 Å². The Bertz CT molecular complexity index is 571. The summed E-state index contributed by atoms with van der Waals surface area (Å²) in [5.41, 5.74) is 11.3. The molecule has 0 spiro atoms. The average Bonchev–Trinajstić information content (AvgIpc) is 2.84. The molecule has 2 N–H and O–H groups in total. The summed E-state index contributed by atoms with van der Waals surface area (Å²) in [6.07, 6.45) is 6.77. The highest BCUT2D eigenvalue weighted by atomic mass is 15.1. The van der Waals surface area contributed by atoms with Gasteiger partial charge in [0.05, 0.1) is 18.1 Å². The van der Waals surface area contributed by atoms with Crippen molar-refractivity contribution < 1.29 is 0 Å². The van der Waals surface area contributed by atoms with Gasteiger partial charge in [0.15, 0.2) is 0 Å². The number of aryl methyl sites for hydroxylation is 2. The number of hydrogen-bond acceptors (Lipinski definition) is 2. The van der Waals surface area contributed by atoms with Crippen molar-refractivity contribution in [3.05, 3.63) is 53.1 Å². The van der Waals surface area contributed by atoms with Gasteiger partial charge in [-0.2, -0.15) is 0 Å². The standard InChI is InChI=1S/C16H21N3/c1-12-5-4-6-13(9-12)16(10-17)19-11-18-14-7-2-3-8-15(14)19/h4-6,9,11,16H,2-3,7-8,10,17H2,1H3. The fourth-order valence-electron chi connectivity index (χ4n) is 3.05. The quantitative estimate of drug-likeness (QED) is 0.916. The van der Waals surface area contributed by atoms with E-state index in [0.717, 1.165) is 12.8 Å². The van der Waals surface area contributed by atoms with Crippen LogP contribution in [0.15, 0.2) is 30.6 Å². The van der Waals surface area contributed by atoms with Crippen LogP contribution in [0.3, 0.4) is 0 Å². The Labute approximate surface area is 114 Å². The Kier molecular flexibility index (Phi) is 3.38. The van der Waals surface area contributed by atoms with Crippen LogP contribution in [0.5, 0.6) is 0 Å². The van der Waals surface area contributed by atoms with Crippen LogP contribution >= 0.6 is 0 Å². The van der Waals surface area contributed by atoms with Crippen LogP contribution in [0.25, 0.3) is 0 Å². The van der Waals surface area contributed by atoms with E-state index in [1.807, 2.05) is 6.33 Å². The average molecular weight is 255 g/mol. The number of fused-ring (bicyclic) bond motifs is 1. The topological polar surface area (TPSA) is 43.8 Å². The lowest BCUT2D eigenvalue weighted by molar-refractivity contribution is 0.547. The number of hydrogen-bond donors (Lipinski definition) is 1. The first kappa shape index (κ1) is 12.4. The number of benzene rings is 1. The van der Waals surface area contributed by atoms with Crippen LogP contribution in [0, 0.1) is 6.92 Å². The number of imidazole rings is 1. The monoisotopic (exact) mass is 255 g/mol. The molecule has 19 heavy (non-hydrogen) atoms. The Morgan fingerprint density at radius 2 is 2.16 bits per heavy atom. The van der Waals surface area contributed by atoms with Crippen molar-refractivity contribution in [2.45, 2.75) is 38.6 Å². The molecule has 3 nitrogen and oxygen atoms in total. The third-order valence-electron chi connectivity index (χ3n) is 4.05. The maximum Gasteiger partial charge on any atom is 0.0957 e. The van der Waals surface area contributed by atoms with Gasteiger partial charge in [0.2, 0.25) is 0 Å². The van der Waals surface area contributed by atoms with Gasteiger partial charge in [0.1, 0.15) is 0 Å². The summed E-state index contributed by atoms with van der Waals surface area (Å²) in [5.74, 6) is 0. The molecule has 3 heteroatoms. The Morgan fingerprint density at radius 3 is 2.95 bits per heavy atom. The molecular formula is C16H21N3. The summed E-state index contributed by atoms with van der Waals surface area (Å²) in [4.78, 5) is 4.58. The molecule has 1 aromatic carbocycles. The van der Waals surface area contributed by atoms with Crippen molar-refractivity contribution in [3.8, 4) is 0 Å². The SMILES string of the molecule is Cc1cccc(C(CN)n2cnc3c2CCCC3)c1. The lowest BCUT2D eigenvalue weighted by Gasteiger charge is -2.22. The molecule has 0 aliphatic heterocycles. The molecular weight excluding hydrogens is 234 g/mol. The van der Waals surface area contributed by atoms with Gasteiger partial charge in [-0.25, -0.2) is 4.98 Å². The molecule has 0 saturated heterocycles. The van der Waals surface area contributed by atoms with Gasteiger partial charge in [-0.15, -0.1) is 0 Å². The summed E-state index contributed by atoms with van der Waals surface area (Å²) in [6, 6.07) is 8.85. The van der Waals surface area contributed by atoms with Gasteiger partial charge in [-0.05, 0) is 38.2 Å². The number of rotatable bonds is 3. The van der Waals surface area contributed by atoms with Crippen molar-refractivity contribution >= 4 is 0 Å². The first-order chi connectivity index (χ1) is 9.29. The first-order valence-corrected chi connectivity index (χ1v) is 7.11. The van der Waals surface area contributed by atoms with Gasteiger partial charge < -0.3 is 10.3 Å². The van der Waals surface area contributed by atoms with Crippen LogP contribution in [0.2, 0.25) is 0 Å². The van der Waals surface area contributed by atoms with E-state index in [-0.39, 0.29) is 6.04 Å². The summed E-state index contributed by atoms with van der Waals surface area (Å²) < 4.78 is 2.29. The maximum atomic E-state index is 6.03. The van der Waals surface area contributed by atoms with Crippen molar-refractivity contribution in [1.29, 1.82) is 0 Å². The van der Waals surface area contributed by atoms with Gasteiger partial charge in [0, 0.05) is 12.2 Å². The smallest absolute Gasteiger partial charge is 0.0957 e. The number of nitrogens with two attached hydrogens (primary N) is 1. The van der Waals surface area contributed by atoms with Crippen molar-refractivity contribution in [2.75, 3.05) is 6.54 Å². The highest BCUT2D eigenvalue weighted by molar-refractivity contribution is 5.28. The summed E-state index contributed by atoms with van der Waals surface area (Å²) in [7, 11) is 0. The summed E-state index contributed by atoms with van der Waals surface area (Å²) in [5, 5.41) is 0. The number of aromatic nitrogens is 2. The van der Waals surface area contributed by atoms with E-state index < -0.39 is 0 Å². The van der Waals surface area contributed by atoms with E-state index in [2.05, 4.69) is 40.7 Å². The second kappa shape index (κ2) is 5.17. The van der Waals surface area contributed by atoms with Crippen LogP contribution in [-0.2, 0) is 12.8 Å². The van der Waals surface area contributed by atoms with Crippen LogP contribution in [0.4, 0.5) is 0 Å². The molecule has 0 saturated carbocycles. The first-order valence-electron chi connectivity index (χ1n) is 7.11. The van der Waals surface area contributed by atoms with E-state index in [9.17, 15) is 0 Å². The molecule has 1 atom stereocenters. The molecule has 1 aromatic heterocycles. The molecule has 1 unspecified atom stereocenters. The second-order valence-electron chi connectivity index (χ2n) is 5.42. The molecule has 0 fully saturated rings. The zero-order valence-corrected chi connectivity index (χ0v) is 11.5. The van der Waals surface area contributed by atoms with E-state index in [1.54, 1.807) is 0 Å². The molecule has 0 amide bonds. The van der Waals surface area contributed by atoms with E-state index in [0.29, 0.717) is 6.54 Å². The largest absolute Gasteiger partial charge is 0.328 e. The second-order valence-corrected chi connectivity index (χ2v) is 5.42. The minimum absolute atomic E-state index is 0.217. The predicted octanol–water partition coefficient (Wildman–Crippen LogP) is 2.62. The third kappa shape index (κ3) is 2.30. The Morgan fingerprint density at radius 1 is 1.32 bits per heavy atom. The van der Waals surface area contributed by atoms with E-state index in [4.69, 9.17) is 5.73 Å². The third-order valence-corrected chi connectivity index (χ3v) is 4.05. The van der Waals surface area contributed by atoms with Gasteiger partial charge in [0.25, 0.3) is 0 Å². The van der Waals surface area contributed by atoms with Gasteiger partial charge >= 0.3 is 0 Å². The molecule has 1 aliphatic carbocycles. The molecule has 1 aliphatic rings. The van der Waals surface area contributed by atoms with E-state index in [1.165, 1.54) is 35.4 Å². The van der Waals surface area contributed by atoms with Crippen LogP contribution in [-0.4, -0.2) is 16.1 Å². The molecule has 100 valence electrons. The minimum Gasteiger partial charge on any atom is -0.328 e. The lowest BCUT2D eigenvalue weighted by atomic mass is 9.99. The van der Waals surface area contributed by atoms with Crippen LogP contribution < -0.4 is 5.73 Å². The summed E-state index contributed by atoms with van der Waals surface area (Å²) in [6.45, 7) is 2.74. The number of nitrogens with zero attached hydrogens (tertiary/aromatic N) is 2. The zero-order chi connectivity index (χ0) is 13.2. The van der Waals surface area contributed by atoms with Gasteiger partial charge in [-0.1, -0.05) is 29.8 Å². The lowest BCUT2D eigenvalue weighted by Crippen LogP contribution is -2.22. The fourth-order valence-corrected chi connectivity index (χ4v) is 3.05. The van der Waals surface area contributed by atoms with Crippen molar-refractivity contribution in [3.63, 3.8) is 0 Å². The Balaban J connectivity index is 2.01. The molecule has 1 heterocycles. The minimum atomic E-state index is 0.217. The fraction of sp³-hybridized carbons (Fsp3) is 0.438. The molecule has 3 rings (SSSR count). The maximum absolute atomic E-state index is 6.03. The normalized spacial score (nSPS) is 16.1. The highest BCUT2D eigenvalue weighted by Gasteiger charge is 2.20. The Hall–Kier alpha value is -1.61. The van der Waals surface area contributed by atoms with Crippen LogP contribution in [0.1, 0.15) is 41.4 Å². The predicted molar refractivity (Wildman–Crippen MR) is 77.2 cm³/mol. The van der Waals surface area contributed by atoms with Crippen molar-refractivity contribution in [2.24, 2.45) is 5.73 Å². The zero-order valence-electron chi connectivity index (χ0n) is 11.5. The van der Waals surface area contributed by atoms with Gasteiger partial charge in [-0.3, -0.25) is 0 Å². The molecule has 0 bridgehead atoms.